The van der Waals surface area contributed by atoms with Crippen molar-refractivity contribution in [2.75, 3.05) is 18.0 Å². The first-order valence-corrected chi connectivity index (χ1v) is 10.5. The molecule has 0 saturated carbocycles. The summed E-state index contributed by atoms with van der Waals surface area (Å²) in [6.07, 6.45) is 6.66. The highest BCUT2D eigenvalue weighted by molar-refractivity contribution is 5.95. The maximum Gasteiger partial charge on any atom is 0.198 e. The van der Waals surface area contributed by atoms with Gasteiger partial charge in [-0.2, -0.15) is 5.10 Å². The Kier molecular flexibility index (Phi) is 4.41. The van der Waals surface area contributed by atoms with E-state index in [4.69, 9.17) is 4.98 Å². The Labute approximate surface area is 175 Å². The second-order valence-electron chi connectivity index (χ2n) is 8.82. The molecule has 0 N–H and O–H groups in total. The molecule has 30 heavy (non-hydrogen) atoms. The fourth-order valence-electron chi connectivity index (χ4n) is 4.56. The van der Waals surface area contributed by atoms with Crippen LogP contribution in [0.3, 0.4) is 0 Å². The van der Waals surface area contributed by atoms with E-state index < -0.39 is 5.41 Å². The first-order chi connectivity index (χ1) is 14.4. The van der Waals surface area contributed by atoms with Crippen molar-refractivity contribution in [1.82, 2.24) is 19.6 Å². The highest BCUT2D eigenvalue weighted by atomic mass is 16.1. The van der Waals surface area contributed by atoms with E-state index in [1.807, 2.05) is 20.0 Å². The standard InChI is InChI=1S/C23H25N5O2/c1-23(2)18-6-5-15(12-16(18)14-19(23)30)13-20-25-22-21(24-8-11-28(22)26-20)27-9-3-4-17(29)7-10-27/h5-6,8,11-12H,3-4,7,9-10,13-14H2,1-2H3. The second kappa shape index (κ2) is 7.00. The molecule has 0 spiro atoms. The van der Waals surface area contributed by atoms with Crippen LogP contribution in [0.2, 0.25) is 0 Å². The maximum absolute atomic E-state index is 12.3. The van der Waals surface area contributed by atoms with Crippen LogP contribution in [0.25, 0.3) is 5.65 Å². The molecule has 154 valence electrons. The number of carbonyl (C=O) groups excluding carboxylic acids is 2. The van der Waals surface area contributed by atoms with Crippen LogP contribution in [0.5, 0.6) is 0 Å². The molecule has 1 aliphatic carbocycles. The Morgan fingerprint density at radius 2 is 2.00 bits per heavy atom. The molecule has 5 rings (SSSR count). The van der Waals surface area contributed by atoms with Crippen molar-refractivity contribution < 1.29 is 9.59 Å². The van der Waals surface area contributed by atoms with Gasteiger partial charge < -0.3 is 4.90 Å². The number of rotatable bonds is 3. The second-order valence-corrected chi connectivity index (χ2v) is 8.82. The summed E-state index contributed by atoms with van der Waals surface area (Å²) >= 11 is 0. The Hall–Kier alpha value is -3.09. The fraction of sp³-hybridized carbons (Fsp3) is 0.435. The Morgan fingerprint density at radius 1 is 1.13 bits per heavy atom. The summed E-state index contributed by atoms with van der Waals surface area (Å²) in [4.78, 5) is 35.5. The van der Waals surface area contributed by atoms with E-state index in [9.17, 15) is 9.59 Å². The maximum atomic E-state index is 12.3. The molecule has 2 aromatic heterocycles. The van der Waals surface area contributed by atoms with E-state index in [0.717, 1.165) is 46.9 Å². The Balaban J connectivity index is 1.43. The van der Waals surface area contributed by atoms with Crippen LogP contribution in [0.1, 0.15) is 55.6 Å². The van der Waals surface area contributed by atoms with Crippen molar-refractivity contribution in [1.29, 1.82) is 0 Å². The number of benzene rings is 1. The lowest BCUT2D eigenvalue weighted by Gasteiger charge is -2.20. The topological polar surface area (TPSA) is 80.5 Å². The normalized spacial score (nSPS) is 18.7. The van der Waals surface area contributed by atoms with Gasteiger partial charge in [0, 0.05) is 56.6 Å². The molecular weight excluding hydrogens is 378 g/mol. The predicted octanol–water partition coefficient (Wildman–Crippen LogP) is 2.68. The molecular formula is C23H25N5O2. The number of hydrogen-bond acceptors (Lipinski definition) is 6. The first-order valence-electron chi connectivity index (χ1n) is 10.5. The van der Waals surface area contributed by atoms with Crippen molar-refractivity contribution >= 4 is 23.0 Å². The van der Waals surface area contributed by atoms with Gasteiger partial charge in [-0.25, -0.2) is 14.5 Å². The van der Waals surface area contributed by atoms with Gasteiger partial charge in [0.1, 0.15) is 11.6 Å². The van der Waals surface area contributed by atoms with E-state index >= 15 is 0 Å². The first kappa shape index (κ1) is 18.9. The number of Topliss-reactive ketones (excluding diaryl/α,β-unsaturated/α-hetero) is 2. The predicted molar refractivity (Wildman–Crippen MR) is 113 cm³/mol. The van der Waals surface area contributed by atoms with E-state index in [2.05, 4.69) is 33.2 Å². The zero-order valence-electron chi connectivity index (χ0n) is 17.4. The smallest absolute Gasteiger partial charge is 0.198 e. The number of hydrogen-bond donors (Lipinski definition) is 0. The largest absolute Gasteiger partial charge is 0.353 e. The zero-order valence-corrected chi connectivity index (χ0v) is 17.4. The highest BCUT2D eigenvalue weighted by Crippen LogP contribution is 2.36. The molecule has 0 radical (unpaired) electrons. The van der Waals surface area contributed by atoms with Crippen LogP contribution in [-0.4, -0.2) is 44.2 Å². The Bertz CT molecular complexity index is 1160. The van der Waals surface area contributed by atoms with Crippen LogP contribution < -0.4 is 4.90 Å². The van der Waals surface area contributed by atoms with Crippen LogP contribution in [0.4, 0.5) is 5.82 Å². The number of carbonyl (C=O) groups is 2. The number of nitrogens with zero attached hydrogens (tertiary/aromatic N) is 5. The summed E-state index contributed by atoms with van der Waals surface area (Å²) in [5.74, 6) is 2.09. The summed E-state index contributed by atoms with van der Waals surface area (Å²) in [6, 6.07) is 6.27. The van der Waals surface area contributed by atoms with Crippen molar-refractivity contribution in [2.24, 2.45) is 0 Å². The molecule has 1 saturated heterocycles. The lowest BCUT2D eigenvalue weighted by molar-refractivity contribution is -0.121. The minimum atomic E-state index is -0.398. The van der Waals surface area contributed by atoms with E-state index in [1.165, 1.54) is 0 Å². The average Bonchev–Trinajstić information content (AvgIpc) is 3.12. The number of ketones is 2. The molecule has 1 aromatic carbocycles. The van der Waals surface area contributed by atoms with Crippen molar-refractivity contribution in [3.05, 3.63) is 53.1 Å². The molecule has 0 unspecified atom stereocenters. The average molecular weight is 403 g/mol. The molecule has 1 aliphatic heterocycles. The molecule has 2 aliphatic rings. The molecule has 7 nitrogen and oxygen atoms in total. The van der Waals surface area contributed by atoms with Crippen LogP contribution in [-0.2, 0) is 27.8 Å². The summed E-state index contributed by atoms with van der Waals surface area (Å²) < 4.78 is 1.77. The van der Waals surface area contributed by atoms with Crippen LogP contribution in [0.15, 0.2) is 30.6 Å². The summed E-state index contributed by atoms with van der Waals surface area (Å²) in [5.41, 5.74) is 3.67. The molecule has 1 fully saturated rings. The van der Waals surface area contributed by atoms with Crippen molar-refractivity contribution in [3.8, 4) is 0 Å². The van der Waals surface area contributed by atoms with Gasteiger partial charge in [0.25, 0.3) is 0 Å². The van der Waals surface area contributed by atoms with Gasteiger partial charge in [0.15, 0.2) is 17.3 Å². The molecule has 0 amide bonds. The third-order valence-electron chi connectivity index (χ3n) is 6.38. The number of fused-ring (bicyclic) bond motifs is 2. The third-order valence-corrected chi connectivity index (χ3v) is 6.38. The zero-order chi connectivity index (χ0) is 20.9. The number of anilines is 1. The van der Waals surface area contributed by atoms with Gasteiger partial charge in [0.05, 0.1) is 0 Å². The lowest BCUT2D eigenvalue weighted by Crippen LogP contribution is -2.26. The molecule has 3 heterocycles. The van der Waals surface area contributed by atoms with Gasteiger partial charge in [-0.1, -0.05) is 18.2 Å². The SMILES string of the molecule is CC1(C)C(=O)Cc2cc(Cc3nc4c(N5CCCC(=O)CC5)nccn4n3)ccc21. The van der Waals surface area contributed by atoms with Gasteiger partial charge in [-0.15, -0.1) is 0 Å². The summed E-state index contributed by atoms with van der Waals surface area (Å²) in [5, 5.41) is 4.64. The van der Waals surface area contributed by atoms with Crippen molar-refractivity contribution in [2.45, 2.75) is 51.4 Å². The molecule has 3 aromatic rings. The fourth-order valence-corrected chi connectivity index (χ4v) is 4.56. The van der Waals surface area contributed by atoms with Crippen molar-refractivity contribution in [3.63, 3.8) is 0 Å². The van der Waals surface area contributed by atoms with E-state index in [-0.39, 0.29) is 5.78 Å². The third kappa shape index (κ3) is 3.18. The van der Waals surface area contributed by atoms with Crippen LogP contribution >= 0.6 is 0 Å². The highest BCUT2D eigenvalue weighted by Gasteiger charge is 2.37. The van der Waals surface area contributed by atoms with E-state index in [1.54, 1.807) is 10.7 Å². The summed E-state index contributed by atoms with van der Waals surface area (Å²) in [7, 11) is 0. The van der Waals surface area contributed by atoms with Gasteiger partial charge in [-0.05, 0) is 37.0 Å². The quantitative estimate of drug-likeness (QED) is 0.669. The van der Waals surface area contributed by atoms with Gasteiger partial charge in [-0.3, -0.25) is 9.59 Å². The Morgan fingerprint density at radius 3 is 2.87 bits per heavy atom. The monoisotopic (exact) mass is 403 g/mol. The van der Waals surface area contributed by atoms with E-state index in [0.29, 0.717) is 38.0 Å². The molecule has 0 atom stereocenters. The minimum Gasteiger partial charge on any atom is -0.353 e. The van der Waals surface area contributed by atoms with Crippen LogP contribution in [0, 0.1) is 0 Å². The molecule has 0 bridgehead atoms. The molecule has 7 heteroatoms. The minimum absolute atomic E-state index is 0.271. The van der Waals surface area contributed by atoms with Gasteiger partial charge >= 0.3 is 0 Å². The lowest BCUT2D eigenvalue weighted by atomic mass is 9.85. The summed E-state index contributed by atoms with van der Waals surface area (Å²) in [6.45, 7) is 5.46. The van der Waals surface area contributed by atoms with Gasteiger partial charge in [0.2, 0.25) is 0 Å². The number of aromatic nitrogens is 4.